The summed E-state index contributed by atoms with van der Waals surface area (Å²) in [6.07, 6.45) is -4.54. The average molecular weight is 445 g/mol. The number of benzene rings is 3. The molecule has 33 heavy (non-hydrogen) atoms. The highest BCUT2D eigenvalue weighted by Crippen LogP contribution is 2.37. The number of nitrogens with one attached hydrogen (secondary N) is 2. The third-order valence-electron chi connectivity index (χ3n) is 5.34. The number of hydrogen-bond donors (Lipinski definition) is 2. The first-order valence-electron chi connectivity index (χ1n) is 10.2. The number of aromatic nitrogens is 4. The molecule has 3 aromatic carbocycles. The molecule has 164 valence electrons. The van der Waals surface area contributed by atoms with Crippen LogP contribution in [0.25, 0.3) is 33.5 Å². The van der Waals surface area contributed by atoms with E-state index in [1.54, 1.807) is 12.1 Å². The van der Waals surface area contributed by atoms with Crippen molar-refractivity contribution in [2.24, 2.45) is 0 Å². The van der Waals surface area contributed by atoms with Gasteiger partial charge in [0.2, 0.25) is 0 Å². The number of nitrogens with zero attached hydrogens (tertiary/aromatic N) is 3. The molecule has 0 bridgehead atoms. The lowest BCUT2D eigenvalue weighted by atomic mass is 10.0. The van der Waals surface area contributed by atoms with Crippen molar-refractivity contribution in [1.82, 2.24) is 20.2 Å². The minimum absolute atomic E-state index is 0.0222. The maximum atomic E-state index is 13.7. The molecule has 0 saturated heterocycles. The lowest BCUT2D eigenvalue weighted by molar-refractivity contribution is -0.137. The van der Waals surface area contributed by atoms with Gasteiger partial charge in [0.15, 0.2) is 11.6 Å². The molecule has 0 aliphatic heterocycles. The van der Waals surface area contributed by atoms with Gasteiger partial charge in [0.25, 0.3) is 0 Å². The van der Waals surface area contributed by atoms with E-state index >= 15 is 0 Å². The zero-order valence-electron chi connectivity index (χ0n) is 17.5. The molecule has 0 spiro atoms. The number of anilines is 2. The summed E-state index contributed by atoms with van der Waals surface area (Å²) in [6, 6.07) is 22.1. The quantitative estimate of drug-likeness (QED) is 0.321. The van der Waals surface area contributed by atoms with Crippen molar-refractivity contribution in [3.8, 4) is 22.6 Å². The Hall–Kier alpha value is -4.20. The maximum Gasteiger partial charge on any atom is 0.417 e. The maximum absolute atomic E-state index is 13.7. The molecule has 0 aliphatic carbocycles. The Labute approximate surface area is 187 Å². The minimum Gasteiger partial charge on any atom is -0.323 e. The third-order valence-corrected chi connectivity index (χ3v) is 5.34. The van der Waals surface area contributed by atoms with Crippen molar-refractivity contribution in [3.63, 3.8) is 0 Å². The number of para-hydroxylation sites is 1. The Bertz CT molecular complexity index is 1460. The molecule has 0 radical (unpaired) electrons. The fourth-order valence-corrected chi connectivity index (χ4v) is 3.74. The van der Waals surface area contributed by atoms with E-state index in [1.807, 2.05) is 55.5 Å². The highest BCUT2D eigenvalue weighted by molar-refractivity contribution is 5.91. The van der Waals surface area contributed by atoms with E-state index in [9.17, 15) is 13.2 Å². The lowest BCUT2D eigenvalue weighted by Crippen LogP contribution is -2.09. The van der Waals surface area contributed by atoms with Gasteiger partial charge in [-0.3, -0.25) is 5.10 Å². The number of aromatic amines is 1. The van der Waals surface area contributed by atoms with Gasteiger partial charge in [-0.25, -0.2) is 9.97 Å². The summed E-state index contributed by atoms with van der Waals surface area (Å²) in [5.74, 6) is 0.841. The molecule has 0 fully saturated rings. The fraction of sp³-hybridized carbons (Fsp3) is 0.0800. The predicted octanol–water partition coefficient (Wildman–Crippen LogP) is 6.76. The molecule has 5 aromatic rings. The van der Waals surface area contributed by atoms with Gasteiger partial charge in [-0.15, -0.1) is 0 Å². The molecule has 0 aliphatic rings. The van der Waals surface area contributed by atoms with Crippen molar-refractivity contribution in [2.75, 3.05) is 5.32 Å². The van der Waals surface area contributed by atoms with Gasteiger partial charge >= 0.3 is 6.18 Å². The van der Waals surface area contributed by atoms with Gasteiger partial charge in [-0.05, 0) is 30.7 Å². The van der Waals surface area contributed by atoms with Crippen LogP contribution in [0.3, 0.4) is 0 Å². The van der Waals surface area contributed by atoms with Gasteiger partial charge in [-0.1, -0.05) is 54.6 Å². The van der Waals surface area contributed by atoms with E-state index < -0.39 is 11.7 Å². The second-order valence-corrected chi connectivity index (χ2v) is 7.56. The summed E-state index contributed by atoms with van der Waals surface area (Å²) in [4.78, 5) is 8.96. The lowest BCUT2D eigenvalue weighted by Gasteiger charge is -2.14. The molecule has 0 saturated carbocycles. The molecule has 2 N–H and O–H groups in total. The summed E-state index contributed by atoms with van der Waals surface area (Å²) in [5.41, 5.74) is 2.22. The number of rotatable bonds is 4. The standard InChI is InChI=1S/C25H18F3N5/c1-15-8-2-3-9-16(15)21-14-22(31-24-18-11-5-7-13-20(18)32-33-24)30-23(29-21)17-10-4-6-12-19(17)25(26,27)28/h2-14H,1H3,(H2,29,30,31,32,33). The van der Waals surface area contributed by atoms with Crippen LogP contribution in [0.15, 0.2) is 78.9 Å². The minimum atomic E-state index is -4.54. The van der Waals surface area contributed by atoms with Gasteiger partial charge in [0.05, 0.1) is 16.8 Å². The number of halogens is 3. The summed E-state index contributed by atoms with van der Waals surface area (Å²) < 4.78 is 41.1. The van der Waals surface area contributed by atoms with Crippen LogP contribution in [0.2, 0.25) is 0 Å². The van der Waals surface area contributed by atoms with Crippen LogP contribution in [0.5, 0.6) is 0 Å². The number of aryl methyl sites for hydroxylation is 1. The summed E-state index contributed by atoms with van der Waals surface area (Å²) >= 11 is 0. The van der Waals surface area contributed by atoms with Crippen molar-refractivity contribution in [2.45, 2.75) is 13.1 Å². The number of H-pyrrole nitrogens is 1. The highest BCUT2D eigenvalue weighted by Gasteiger charge is 2.34. The van der Waals surface area contributed by atoms with Crippen LogP contribution in [-0.4, -0.2) is 20.2 Å². The van der Waals surface area contributed by atoms with E-state index in [-0.39, 0.29) is 11.4 Å². The summed E-state index contributed by atoms with van der Waals surface area (Å²) in [6.45, 7) is 1.93. The van der Waals surface area contributed by atoms with E-state index in [2.05, 4.69) is 25.5 Å². The van der Waals surface area contributed by atoms with E-state index in [4.69, 9.17) is 0 Å². The Morgan fingerprint density at radius 3 is 2.30 bits per heavy atom. The van der Waals surface area contributed by atoms with Crippen LogP contribution in [0.4, 0.5) is 24.8 Å². The molecule has 0 unspecified atom stereocenters. The van der Waals surface area contributed by atoms with Gasteiger partial charge in [-0.2, -0.15) is 18.3 Å². The number of alkyl halides is 3. The van der Waals surface area contributed by atoms with Crippen LogP contribution in [0, 0.1) is 6.92 Å². The molecular formula is C25H18F3N5. The molecule has 0 atom stereocenters. The molecule has 5 nitrogen and oxygen atoms in total. The van der Waals surface area contributed by atoms with E-state index in [0.29, 0.717) is 17.3 Å². The van der Waals surface area contributed by atoms with Crippen LogP contribution in [0.1, 0.15) is 11.1 Å². The number of fused-ring (bicyclic) bond motifs is 1. The number of hydrogen-bond acceptors (Lipinski definition) is 4. The molecule has 8 heteroatoms. The Balaban J connectivity index is 1.69. The molecule has 5 rings (SSSR count). The van der Waals surface area contributed by atoms with Gasteiger partial charge < -0.3 is 5.32 Å². The largest absolute Gasteiger partial charge is 0.417 e. The zero-order valence-corrected chi connectivity index (χ0v) is 17.5. The Morgan fingerprint density at radius 1 is 0.818 bits per heavy atom. The first-order chi connectivity index (χ1) is 15.9. The van der Waals surface area contributed by atoms with Crippen molar-refractivity contribution in [1.29, 1.82) is 0 Å². The van der Waals surface area contributed by atoms with Gasteiger partial charge in [0, 0.05) is 22.6 Å². The third kappa shape index (κ3) is 4.03. The second kappa shape index (κ2) is 8.05. The Kier molecular flexibility index (Phi) is 5.05. The first-order valence-corrected chi connectivity index (χ1v) is 10.2. The molecule has 2 aromatic heterocycles. The Morgan fingerprint density at radius 2 is 1.52 bits per heavy atom. The predicted molar refractivity (Wildman–Crippen MR) is 122 cm³/mol. The highest BCUT2D eigenvalue weighted by atomic mass is 19.4. The SMILES string of the molecule is Cc1ccccc1-c1cc(Nc2n[nH]c3ccccc23)nc(-c2ccccc2C(F)(F)F)n1. The zero-order chi connectivity index (χ0) is 23.0. The average Bonchev–Trinajstić information content (AvgIpc) is 3.21. The molecular weight excluding hydrogens is 427 g/mol. The van der Waals surface area contributed by atoms with E-state index in [1.165, 1.54) is 12.1 Å². The smallest absolute Gasteiger partial charge is 0.323 e. The van der Waals surface area contributed by atoms with Gasteiger partial charge in [0.1, 0.15) is 5.82 Å². The fourth-order valence-electron chi connectivity index (χ4n) is 3.74. The monoisotopic (exact) mass is 445 g/mol. The van der Waals surface area contributed by atoms with Crippen LogP contribution >= 0.6 is 0 Å². The van der Waals surface area contributed by atoms with Crippen molar-refractivity contribution < 1.29 is 13.2 Å². The topological polar surface area (TPSA) is 66.5 Å². The molecule has 0 amide bonds. The second-order valence-electron chi connectivity index (χ2n) is 7.56. The van der Waals surface area contributed by atoms with Crippen molar-refractivity contribution in [3.05, 3.63) is 90.0 Å². The van der Waals surface area contributed by atoms with Crippen molar-refractivity contribution >= 4 is 22.5 Å². The van der Waals surface area contributed by atoms with Crippen LogP contribution < -0.4 is 5.32 Å². The summed E-state index contributed by atoms with van der Waals surface area (Å²) in [7, 11) is 0. The van der Waals surface area contributed by atoms with E-state index in [0.717, 1.165) is 28.1 Å². The van der Waals surface area contributed by atoms with Crippen LogP contribution in [-0.2, 0) is 6.18 Å². The first kappa shape index (κ1) is 20.7. The normalized spacial score (nSPS) is 11.6. The molecule has 2 heterocycles. The summed E-state index contributed by atoms with van der Waals surface area (Å²) in [5, 5.41) is 11.2.